The maximum atomic E-state index is 13.3. The van der Waals surface area contributed by atoms with Crippen LogP contribution in [-0.2, 0) is 0 Å². The van der Waals surface area contributed by atoms with E-state index in [9.17, 15) is 4.39 Å². The summed E-state index contributed by atoms with van der Waals surface area (Å²) < 4.78 is 13.7. The van der Waals surface area contributed by atoms with Crippen LogP contribution in [0, 0.1) is 5.82 Å². The topological polar surface area (TPSA) is 12.0 Å². The van der Waals surface area contributed by atoms with Crippen molar-refractivity contribution in [2.75, 3.05) is 5.32 Å². The molecule has 68 valence electrons. The van der Waals surface area contributed by atoms with Gasteiger partial charge in [0.2, 0.25) is 0 Å². The molecule has 0 spiro atoms. The lowest BCUT2D eigenvalue weighted by atomic mass is 10.3. The smallest absolute Gasteiger partial charge is 0.160 e. The molecular formula is C10H9BrFN. The molecule has 0 atom stereocenters. The van der Waals surface area contributed by atoms with E-state index in [0.717, 1.165) is 0 Å². The molecule has 0 aliphatic heterocycles. The van der Waals surface area contributed by atoms with Crippen molar-refractivity contribution in [3.05, 3.63) is 53.4 Å². The molecule has 0 amide bonds. The largest absolute Gasteiger partial charge is 0.354 e. The van der Waals surface area contributed by atoms with Gasteiger partial charge < -0.3 is 5.32 Å². The summed E-state index contributed by atoms with van der Waals surface area (Å²) in [6.07, 6.45) is 1.53. The molecule has 0 aliphatic carbocycles. The molecule has 0 unspecified atom stereocenters. The zero-order valence-electron chi connectivity index (χ0n) is 6.98. The van der Waals surface area contributed by atoms with Crippen LogP contribution in [0.1, 0.15) is 0 Å². The van der Waals surface area contributed by atoms with E-state index in [4.69, 9.17) is 0 Å². The number of halogens is 2. The van der Waals surface area contributed by atoms with Gasteiger partial charge in [-0.25, -0.2) is 4.39 Å². The minimum Gasteiger partial charge on any atom is -0.354 e. The van der Waals surface area contributed by atoms with Crippen molar-refractivity contribution in [1.29, 1.82) is 0 Å². The maximum absolute atomic E-state index is 13.3. The van der Waals surface area contributed by atoms with Crippen LogP contribution in [-0.4, -0.2) is 0 Å². The lowest BCUT2D eigenvalue weighted by Gasteiger charge is -2.07. The SMILES string of the molecule is C=CC(=C)Nc1cccc(Br)c1F. The highest BCUT2D eigenvalue weighted by Gasteiger charge is 2.04. The van der Waals surface area contributed by atoms with E-state index >= 15 is 0 Å². The Balaban J connectivity index is 2.95. The zero-order chi connectivity index (χ0) is 9.84. The number of rotatable bonds is 3. The van der Waals surface area contributed by atoms with Gasteiger partial charge in [0.25, 0.3) is 0 Å². The Bertz CT molecular complexity index is 347. The second-order valence-corrected chi connectivity index (χ2v) is 3.31. The molecule has 0 heterocycles. The van der Waals surface area contributed by atoms with Crippen molar-refractivity contribution in [2.45, 2.75) is 0 Å². The lowest BCUT2D eigenvalue weighted by Crippen LogP contribution is -1.97. The Hall–Kier alpha value is -1.09. The van der Waals surface area contributed by atoms with Crippen molar-refractivity contribution in [1.82, 2.24) is 0 Å². The van der Waals surface area contributed by atoms with E-state index in [0.29, 0.717) is 15.9 Å². The summed E-state index contributed by atoms with van der Waals surface area (Å²) in [5.74, 6) is -0.328. The average Bonchev–Trinajstić information content (AvgIpc) is 2.13. The predicted molar refractivity (Wildman–Crippen MR) is 57.1 cm³/mol. The molecule has 13 heavy (non-hydrogen) atoms. The predicted octanol–water partition coefficient (Wildman–Crippen LogP) is 3.70. The Morgan fingerprint density at radius 1 is 1.54 bits per heavy atom. The van der Waals surface area contributed by atoms with E-state index in [2.05, 4.69) is 34.4 Å². The number of hydrogen-bond acceptors (Lipinski definition) is 1. The first-order valence-corrected chi connectivity index (χ1v) is 4.47. The van der Waals surface area contributed by atoms with Crippen molar-refractivity contribution >= 4 is 21.6 Å². The molecule has 1 rings (SSSR count). The summed E-state index contributed by atoms with van der Waals surface area (Å²) in [4.78, 5) is 0. The van der Waals surface area contributed by atoms with E-state index in [1.807, 2.05) is 0 Å². The van der Waals surface area contributed by atoms with Crippen LogP contribution in [0.4, 0.5) is 10.1 Å². The summed E-state index contributed by atoms with van der Waals surface area (Å²) in [6.45, 7) is 7.14. The molecule has 1 aromatic rings. The summed E-state index contributed by atoms with van der Waals surface area (Å²) in [7, 11) is 0. The summed E-state index contributed by atoms with van der Waals surface area (Å²) >= 11 is 3.09. The highest BCUT2D eigenvalue weighted by atomic mass is 79.9. The van der Waals surface area contributed by atoms with Crippen molar-refractivity contribution < 1.29 is 4.39 Å². The van der Waals surface area contributed by atoms with Crippen LogP contribution in [0.2, 0.25) is 0 Å². The van der Waals surface area contributed by atoms with Gasteiger partial charge in [0, 0.05) is 5.70 Å². The fourth-order valence-electron chi connectivity index (χ4n) is 0.824. The van der Waals surface area contributed by atoms with Gasteiger partial charge in [0.1, 0.15) is 0 Å². The summed E-state index contributed by atoms with van der Waals surface area (Å²) in [5.41, 5.74) is 0.955. The van der Waals surface area contributed by atoms with Gasteiger partial charge in [-0.2, -0.15) is 0 Å². The molecule has 0 saturated carbocycles. The summed E-state index contributed by atoms with van der Waals surface area (Å²) in [5, 5.41) is 2.78. The van der Waals surface area contributed by atoms with Crippen LogP contribution in [0.15, 0.2) is 47.6 Å². The first-order valence-electron chi connectivity index (χ1n) is 3.67. The van der Waals surface area contributed by atoms with Crippen LogP contribution in [0.25, 0.3) is 0 Å². The second kappa shape index (κ2) is 4.23. The first-order chi connectivity index (χ1) is 6.15. The standard InChI is InChI=1S/C10H9BrFN/c1-3-7(2)13-9-6-4-5-8(11)10(9)12/h3-6,13H,1-2H2. The minimum absolute atomic E-state index is 0.328. The molecular weight excluding hydrogens is 233 g/mol. The number of benzene rings is 1. The highest BCUT2D eigenvalue weighted by Crippen LogP contribution is 2.23. The molecule has 1 nitrogen and oxygen atoms in total. The molecule has 1 aromatic carbocycles. The second-order valence-electron chi connectivity index (χ2n) is 2.46. The van der Waals surface area contributed by atoms with Crippen molar-refractivity contribution in [3.63, 3.8) is 0 Å². The van der Waals surface area contributed by atoms with Crippen LogP contribution in [0.3, 0.4) is 0 Å². The lowest BCUT2D eigenvalue weighted by molar-refractivity contribution is 0.625. The van der Waals surface area contributed by atoms with Gasteiger partial charge in [0.15, 0.2) is 5.82 Å². The molecule has 0 aliphatic rings. The quantitative estimate of drug-likeness (QED) is 0.797. The van der Waals surface area contributed by atoms with Gasteiger partial charge in [0.05, 0.1) is 10.2 Å². The fraction of sp³-hybridized carbons (Fsp3) is 0. The first kappa shape index (κ1) is 9.99. The molecule has 0 fully saturated rings. The highest BCUT2D eigenvalue weighted by molar-refractivity contribution is 9.10. The number of hydrogen-bond donors (Lipinski definition) is 1. The number of nitrogens with one attached hydrogen (secondary N) is 1. The van der Waals surface area contributed by atoms with Crippen LogP contribution in [0.5, 0.6) is 0 Å². The van der Waals surface area contributed by atoms with Crippen molar-refractivity contribution in [2.24, 2.45) is 0 Å². The van der Waals surface area contributed by atoms with Gasteiger partial charge >= 0.3 is 0 Å². The van der Waals surface area contributed by atoms with Crippen LogP contribution >= 0.6 is 15.9 Å². The molecule has 1 N–H and O–H groups in total. The normalized spacial score (nSPS) is 9.38. The van der Waals surface area contributed by atoms with Gasteiger partial charge in [-0.05, 0) is 34.1 Å². The van der Waals surface area contributed by atoms with E-state index in [-0.39, 0.29) is 5.82 Å². The minimum atomic E-state index is -0.328. The summed E-state index contributed by atoms with van der Waals surface area (Å²) in [6, 6.07) is 5.01. The third kappa shape index (κ3) is 2.42. The average molecular weight is 242 g/mol. The van der Waals surface area contributed by atoms with Gasteiger partial charge in [-0.15, -0.1) is 0 Å². The molecule has 0 radical (unpaired) electrons. The monoisotopic (exact) mass is 241 g/mol. The molecule has 0 aromatic heterocycles. The maximum Gasteiger partial charge on any atom is 0.160 e. The number of anilines is 1. The van der Waals surface area contributed by atoms with Crippen molar-refractivity contribution in [3.8, 4) is 0 Å². The Morgan fingerprint density at radius 3 is 2.85 bits per heavy atom. The Morgan fingerprint density at radius 2 is 2.23 bits per heavy atom. The fourth-order valence-corrected chi connectivity index (χ4v) is 1.19. The van der Waals surface area contributed by atoms with E-state index < -0.39 is 0 Å². The molecule has 0 saturated heterocycles. The van der Waals surface area contributed by atoms with E-state index in [1.54, 1.807) is 18.2 Å². The van der Waals surface area contributed by atoms with Gasteiger partial charge in [-0.1, -0.05) is 19.2 Å². The molecule has 0 bridgehead atoms. The third-order valence-corrected chi connectivity index (χ3v) is 2.11. The molecule has 3 heteroatoms. The third-order valence-electron chi connectivity index (χ3n) is 1.49. The van der Waals surface area contributed by atoms with Crippen LogP contribution < -0.4 is 5.32 Å². The number of allylic oxidation sites excluding steroid dienone is 1. The van der Waals surface area contributed by atoms with Gasteiger partial charge in [-0.3, -0.25) is 0 Å². The zero-order valence-corrected chi connectivity index (χ0v) is 8.57. The Labute approximate surface area is 85.1 Å². The Kier molecular flexibility index (Phi) is 3.25. The van der Waals surface area contributed by atoms with E-state index in [1.165, 1.54) is 6.08 Å².